The number of hydrogen-bond donors (Lipinski definition) is 2. The predicted molar refractivity (Wildman–Crippen MR) is 126 cm³/mol. The minimum absolute atomic E-state index is 0.659. The zero-order valence-corrected chi connectivity index (χ0v) is 19.1. The molecule has 0 saturated heterocycles. The van der Waals surface area contributed by atoms with Crippen LogP contribution in [0.15, 0.2) is 59.9 Å². The first kappa shape index (κ1) is 23.0. The molecule has 8 nitrogen and oxygen atoms in total. The van der Waals surface area contributed by atoms with E-state index in [9.17, 15) is 0 Å². The molecule has 2 aromatic carbocycles. The van der Waals surface area contributed by atoms with E-state index in [0.717, 1.165) is 29.6 Å². The second-order valence-corrected chi connectivity index (χ2v) is 7.09. The summed E-state index contributed by atoms with van der Waals surface area (Å²) in [7, 11) is 6.68. The molecule has 32 heavy (non-hydrogen) atoms. The van der Waals surface area contributed by atoms with Crippen LogP contribution in [0.25, 0.3) is 0 Å². The molecule has 8 heteroatoms. The van der Waals surface area contributed by atoms with Gasteiger partial charge in [-0.2, -0.15) is 5.10 Å². The van der Waals surface area contributed by atoms with Crippen LogP contribution in [0.1, 0.15) is 16.7 Å². The molecule has 0 amide bonds. The first-order chi connectivity index (χ1) is 15.7. The lowest BCUT2D eigenvalue weighted by molar-refractivity contribution is 0.368. The smallest absolute Gasteiger partial charge is 0.191 e. The number of methoxy groups -OCH3 is 3. The van der Waals surface area contributed by atoms with Crippen molar-refractivity contribution in [3.63, 3.8) is 0 Å². The summed E-state index contributed by atoms with van der Waals surface area (Å²) in [4.78, 5) is 4.35. The molecule has 0 fully saturated rings. The average molecular weight is 438 g/mol. The lowest BCUT2D eigenvalue weighted by Gasteiger charge is -2.17. The Morgan fingerprint density at radius 1 is 0.969 bits per heavy atom. The number of nitrogens with one attached hydrogen (secondary N) is 2. The standard InChI is InChI=1S/C24H31N5O3/c1-25-24(26-12-10-21-22(31-3)14-20(30-2)15-23(21)32-4)27-16-18-8-5-6-9-19(18)17-29-13-7-11-28-29/h5-9,11,13-15H,10,12,16-17H2,1-4H3,(H2,25,26,27). The van der Waals surface area contributed by atoms with Crippen molar-refractivity contribution in [1.82, 2.24) is 20.4 Å². The summed E-state index contributed by atoms with van der Waals surface area (Å²) < 4.78 is 18.3. The van der Waals surface area contributed by atoms with Crippen LogP contribution in [0, 0.1) is 0 Å². The van der Waals surface area contributed by atoms with Gasteiger partial charge in [0.05, 0.1) is 27.9 Å². The third-order valence-electron chi connectivity index (χ3n) is 5.16. The molecule has 170 valence electrons. The van der Waals surface area contributed by atoms with Gasteiger partial charge in [-0.3, -0.25) is 9.67 Å². The van der Waals surface area contributed by atoms with Gasteiger partial charge in [0.25, 0.3) is 0 Å². The van der Waals surface area contributed by atoms with Gasteiger partial charge in [-0.25, -0.2) is 0 Å². The number of ether oxygens (including phenoxy) is 3. The van der Waals surface area contributed by atoms with Crippen molar-refractivity contribution in [2.75, 3.05) is 34.9 Å². The first-order valence-electron chi connectivity index (χ1n) is 10.5. The quantitative estimate of drug-likeness (QED) is 0.375. The van der Waals surface area contributed by atoms with Crippen LogP contribution in [-0.4, -0.2) is 50.7 Å². The van der Waals surface area contributed by atoms with Gasteiger partial charge in [-0.1, -0.05) is 24.3 Å². The molecule has 3 aromatic rings. The van der Waals surface area contributed by atoms with E-state index in [1.807, 2.05) is 41.2 Å². The summed E-state index contributed by atoms with van der Waals surface area (Å²) in [5, 5.41) is 11.1. The molecule has 2 N–H and O–H groups in total. The fourth-order valence-corrected chi connectivity index (χ4v) is 3.48. The van der Waals surface area contributed by atoms with Crippen molar-refractivity contribution in [3.05, 3.63) is 71.5 Å². The van der Waals surface area contributed by atoms with E-state index < -0.39 is 0 Å². The Bertz CT molecular complexity index is 993. The van der Waals surface area contributed by atoms with Gasteiger partial charge < -0.3 is 24.8 Å². The molecule has 0 aliphatic heterocycles. The molecule has 0 aliphatic rings. The third-order valence-corrected chi connectivity index (χ3v) is 5.16. The molecule has 0 saturated carbocycles. The number of rotatable bonds is 10. The highest BCUT2D eigenvalue weighted by molar-refractivity contribution is 5.79. The summed E-state index contributed by atoms with van der Waals surface area (Å²) in [6, 6.07) is 14.0. The maximum Gasteiger partial charge on any atom is 0.191 e. The van der Waals surface area contributed by atoms with Gasteiger partial charge in [0.2, 0.25) is 0 Å². The van der Waals surface area contributed by atoms with E-state index in [0.29, 0.717) is 25.3 Å². The number of nitrogens with zero attached hydrogens (tertiary/aromatic N) is 3. The molecule has 0 spiro atoms. The lowest BCUT2D eigenvalue weighted by Crippen LogP contribution is -2.38. The van der Waals surface area contributed by atoms with Gasteiger partial charge in [0.1, 0.15) is 17.2 Å². The van der Waals surface area contributed by atoms with E-state index in [1.54, 1.807) is 34.6 Å². The molecule has 1 aromatic heterocycles. The number of aliphatic imine (C=N–C) groups is 1. The fourth-order valence-electron chi connectivity index (χ4n) is 3.48. The fraction of sp³-hybridized carbons (Fsp3) is 0.333. The highest BCUT2D eigenvalue weighted by atomic mass is 16.5. The number of guanidine groups is 1. The van der Waals surface area contributed by atoms with E-state index in [-0.39, 0.29) is 0 Å². The Balaban J connectivity index is 1.59. The van der Waals surface area contributed by atoms with Crippen molar-refractivity contribution in [1.29, 1.82) is 0 Å². The number of benzene rings is 2. The average Bonchev–Trinajstić information content (AvgIpc) is 3.34. The van der Waals surface area contributed by atoms with Gasteiger partial charge in [0.15, 0.2) is 5.96 Å². The van der Waals surface area contributed by atoms with Gasteiger partial charge in [-0.05, 0) is 23.6 Å². The summed E-state index contributed by atoms with van der Waals surface area (Å²) in [6.07, 6.45) is 4.46. The van der Waals surface area contributed by atoms with Crippen LogP contribution in [0.3, 0.4) is 0 Å². The maximum atomic E-state index is 5.53. The normalized spacial score (nSPS) is 11.2. The third kappa shape index (κ3) is 5.94. The molecular weight excluding hydrogens is 406 g/mol. The Labute approximate surface area is 189 Å². The molecule has 0 unspecified atom stereocenters. The monoisotopic (exact) mass is 437 g/mol. The van der Waals surface area contributed by atoms with Crippen molar-refractivity contribution in [2.45, 2.75) is 19.5 Å². The molecule has 0 atom stereocenters. The largest absolute Gasteiger partial charge is 0.496 e. The van der Waals surface area contributed by atoms with E-state index in [4.69, 9.17) is 14.2 Å². The summed E-state index contributed by atoms with van der Waals surface area (Å²) in [5.74, 6) is 2.89. The van der Waals surface area contributed by atoms with Crippen LogP contribution >= 0.6 is 0 Å². The van der Waals surface area contributed by atoms with Crippen molar-refractivity contribution < 1.29 is 14.2 Å². The molecule has 0 bridgehead atoms. The van der Waals surface area contributed by atoms with Crippen molar-refractivity contribution in [2.24, 2.45) is 4.99 Å². The molecule has 0 radical (unpaired) electrons. The molecule has 1 heterocycles. The maximum absolute atomic E-state index is 5.53. The highest BCUT2D eigenvalue weighted by Crippen LogP contribution is 2.34. The van der Waals surface area contributed by atoms with Crippen LogP contribution in [-0.2, 0) is 19.5 Å². The van der Waals surface area contributed by atoms with Gasteiger partial charge in [0, 0.05) is 50.2 Å². The van der Waals surface area contributed by atoms with E-state index in [2.05, 4.69) is 32.9 Å². The van der Waals surface area contributed by atoms with Gasteiger partial charge >= 0.3 is 0 Å². The minimum atomic E-state index is 0.659. The second-order valence-electron chi connectivity index (χ2n) is 7.09. The summed E-state index contributed by atoms with van der Waals surface area (Å²) in [6.45, 7) is 2.05. The highest BCUT2D eigenvalue weighted by Gasteiger charge is 2.13. The Hall–Kier alpha value is -3.68. The molecule has 0 aliphatic carbocycles. The summed E-state index contributed by atoms with van der Waals surface area (Å²) in [5.41, 5.74) is 3.39. The predicted octanol–water partition coefficient (Wildman–Crippen LogP) is 2.86. The topological polar surface area (TPSA) is 81.9 Å². The minimum Gasteiger partial charge on any atom is -0.496 e. The zero-order chi connectivity index (χ0) is 22.8. The van der Waals surface area contributed by atoms with Gasteiger partial charge in [-0.15, -0.1) is 0 Å². The number of hydrogen-bond acceptors (Lipinski definition) is 5. The van der Waals surface area contributed by atoms with Crippen LogP contribution in [0.5, 0.6) is 17.2 Å². The molecule has 3 rings (SSSR count). The number of aromatic nitrogens is 2. The van der Waals surface area contributed by atoms with Crippen LogP contribution in [0.2, 0.25) is 0 Å². The van der Waals surface area contributed by atoms with Crippen molar-refractivity contribution in [3.8, 4) is 17.2 Å². The Morgan fingerprint density at radius 3 is 2.28 bits per heavy atom. The zero-order valence-electron chi connectivity index (χ0n) is 19.1. The summed E-state index contributed by atoms with van der Waals surface area (Å²) >= 11 is 0. The van der Waals surface area contributed by atoms with E-state index in [1.165, 1.54) is 11.1 Å². The second kappa shape index (κ2) is 11.6. The van der Waals surface area contributed by atoms with Crippen molar-refractivity contribution >= 4 is 5.96 Å². The Kier molecular flexibility index (Phi) is 8.36. The SMILES string of the molecule is CN=C(NCCc1c(OC)cc(OC)cc1OC)NCc1ccccc1Cn1cccn1. The molecular formula is C24H31N5O3. The Morgan fingerprint density at radius 2 is 1.69 bits per heavy atom. The lowest BCUT2D eigenvalue weighted by atomic mass is 10.1. The van der Waals surface area contributed by atoms with Crippen LogP contribution in [0.4, 0.5) is 0 Å². The first-order valence-corrected chi connectivity index (χ1v) is 10.5. The van der Waals surface area contributed by atoms with Crippen LogP contribution < -0.4 is 24.8 Å². The van der Waals surface area contributed by atoms with E-state index >= 15 is 0 Å².